The molecule has 12 heteroatoms. The van der Waals surface area contributed by atoms with Crippen molar-refractivity contribution in [3.05, 3.63) is 53.2 Å². The van der Waals surface area contributed by atoms with Crippen LogP contribution in [-0.4, -0.2) is 42.5 Å². The van der Waals surface area contributed by atoms with E-state index in [1.54, 1.807) is 9.80 Å². The van der Waals surface area contributed by atoms with Gasteiger partial charge in [0.25, 0.3) is 0 Å². The summed E-state index contributed by atoms with van der Waals surface area (Å²) in [6.07, 6.45) is -2.60. The molecule has 0 radical (unpaired) electrons. The molecule has 1 fully saturated rings. The second-order valence-electron chi connectivity index (χ2n) is 6.44. The SMILES string of the molecule is NC(=S)NN=Cc1cc(F)c(N2CCN(c3ccc(C(F)(F)F)cn3)CC2)cc1F. The fraction of sp³-hybridized carbons (Fsp3) is 0.278. The van der Waals surface area contributed by atoms with Crippen LogP contribution in [0.2, 0.25) is 0 Å². The number of benzene rings is 1. The molecule has 1 aliphatic rings. The molecule has 3 N–H and O–H groups in total. The fourth-order valence-corrected chi connectivity index (χ4v) is 3.03. The van der Waals surface area contributed by atoms with Crippen molar-refractivity contribution in [3.8, 4) is 0 Å². The molecule has 1 aromatic carbocycles. The zero-order valence-corrected chi connectivity index (χ0v) is 16.3. The second-order valence-corrected chi connectivity index (χ2v) is 6.88. The van der Waals surface area contributed by atoms with E-state index in [1.807, 2.05) is 0 Å². The van der Waals surface area contributed by atoms with Crippen LogP contribution in [0.3, 0.4) is 0 Å². The molecule has 6 nitrogen and oxygen atoms in total. The third kappa shape index (κ3) is 5.12. The van der Waals surface area contributed by atoms with Crippen molar-refractivity contribution in [2.24, 2.45) is 10.8 Å². The van der Waals surface area contributed by atoms with Gasteiger partial charge in [-0.15, -0.1) is 0 Å². The highest BCUT2D eigenvalue weighted by Gasteiger charge is 2.31. The smallest absolute Gasteiger partial charge is 0.375 e. The summed E-state index contributed by atoms with van der Waals surface area (Å²) in [4.78, 5) is 7.31. The maximum atomic E-state index is 14.5. The molecule has 0 saturated carbocycles. The molecule has 1 aliphatic heterocycles. The molecule has 2 heterocycles. The first kappa shape index (κ1) is 21.7. The molecule has 0 amide bonds. The predicted octanol–water partition coefficient (Wildman–Crippen LogP) is 2.87. The summed E-state index contributed by atoms with van der Waals surface area (Å²) in [6.45, 7) is 1.46. The summed E-state index contributed by atoms with van der Waals surface area (Å²) in [5.41, 5.74) is 6.64. The maximum absolute atomic E-state index is 14.5. The van der Waals surface area contributed by atoms with Gasteiger partial charge in [0.15, 0.2) is 5.11 Å². The zero-order valence-electron chi connectivity index (χ0n) is 15.5. The third-order valence-corrected chi connectivity index (χ3v) is 4.56. The summed E-state index contributed by atoms with van der Waals surface area (Å²) in [5, 5.41) is 3.50. The molecular formula is C18H17F5N6S. The van der Waals surface area contributed by atoms with E-state index in [4.69, 9.17) is 5.73 Å². The Hall–Kier alpha value is -3.02. The number of hydrogen-bond donors (Lipinski definition) is 2. The van der Waals surface area contributed by atoms with Gasteiger partial charge in [-0.05, 0) is 30.4 Å². The van der Waals surface area contributed by atoms with Crippen LogP contribution >= 0.6 is 12.2 Å². The van der Waals surface area contributed by atoms with E-state index in [1.165, 1.54) is 6.07 Å². The van der Waals surface area contributed by atoms with Crippen LogP contribution < -0.4 is 21.0 Å². The standard InChI is InChI=1S/C18H17F5N6S/c19-13-8-15(14(20)7-11(13)9-26-27-17(24)30)28-3-5-29(6-4-28)16-2-1-12(10-25-16)18(21,22)23/h1-2,7-10H,3-6H2,(H3,24,27,30). The molecule has 0 atom stereocenters. The number of nitrogens with one attached hydrogen (secondary N) is 1. The van der Waals surface area contributed by atoms with E-state index >= 15 is 0 Å². The van der Waals surface area contributed by atoms with Gasteiger partial charge >= 0.3 is 6.18 Å². The molecule has 0 unspecified atom stereocenters. The van der Waals surface area contributed by atoms with Crippen molar-refractivity contribution in [2.75, 3.05) is 36.0 Å². The highest BCUT2D eigenvalue weighted by molar-refractivity contribution is 7.80. The number of thiocarbonyl (C=S) groups is 1. The van der Waals surface area contributed by atoms with Gasteiger partial charge in [-0.25, -0.2) is 13.8 Å². The number of anilines is 2. The Morgan fingerprint density at radius 1 is 1.10 bits per heavy atom. The number of pyridine rings is 1. The molecule has 1 saturated heterocycles. The van der Waals surface area contributed by atoms with Gasteiger partial charge in [0.1, 0.15) is 17.5 Å². The Bertz CT molecular complexity index is 939. The van der Waals surface area contributed by atoms with E-state index in [2.05, 4.69) is 27.7 Å². The fourth-order valence-electron chi connectivity index (χ4n) is 2.98. The van der Waals surface area contributed by atoms with Crippen molar-refractivity contribution in [1.82, 2.24) is 10.4 Å². The average molecular weight is 444 g/mol. The van der Waals surface area contributed by atoms with Crippen LogP contribution in [0.4, 0.5) is 33.5 Å². The first-order chi connectivity index (χ1) is 14.1. The Morgan fingerprint density at radius 3 is 2.33 bits per heavy atom. The van der Waals surface area contributed by atoms with Crippen LogP contribution in [0.25, 0.3) is 0 Å². The Balaban J connectivity index is 1.66. The van der Waals surface area contributed by atoms with Crippen LogP contribution in [0.5, 0.6) is 0 Å². The minimum Gasteiger partial charge on any atom is -0.375 e. The number of hydrazone groups is 1. The van der Waals surface area contributed by atoms with E-state index in [0.717, 1.165) is 30.6 Å². The van der Waals surface area contributed by atoms with E-state index in [-0.39, 0.29) is 16.4 Å². The predicted molar refractivity (Wildman–Crippen MR) is 108 cm³/mol. The zero-order chi connectivity index (χ0) is 21.9. The van der Waals surface area contributed by atoms with Crippen molar-refractivity contribution in [1.29, 1.82) is 0 Å². The van der Waals surface area contributed by atoms with Gasteiger partial charge in [-0.2, -0.15) is 18.3 Å². The van der Waals surface area contributed by atoms with Crippen LogP contribution in [-0.2, 0) is 6.18 Å². The Kier molecular flexibility index (Phi) is 6.34. The molecule has 0 spiro atoms. The Morgan fingerprint density at radius 2 is 1.77 bits per heavy atom. The number of piperazine rings is 1. The monoisotopic (exact) mass is 444 g/mol. The van der Waals surface area contributed by atoms with E-state index in [0.29, 0.717) is 32.0 Å². The second kappa shape index (κ2) is 8.78. The van der Waals surface area contributed by atoms with Gasteiger partial charge in [0, 0.05) is 44.0 Å². The molecule has 2 aromatic rings. The number of rotatable bonds is 4. The van der Waals surface area contributed by atoms with Crippen molar-refractivity contribution >= 4 is 35.1 Å². The van der Waals surface area contributed by atoms with Gasteiger partial charge in [0.05, 0.1) is 17.5 Å². The van der Waals surface area contributed by atoms with Crippen LogP contribution in [0, 0.1) is 11.6 Å². The van der Waals surface area contributed by atoms with Crippen molar-refractivity contribution in [3.63, 3.8) is 0 Å². The minimum absolute atomic E-state index is 0.0763. The molecule has 3 rings (SSSR count). The van der Waals surface area contributed by atoms with Crippen LogP contribution in [0.15, 0.2) is 35.6 Å². The van der Waals surface area contributed by atoms with Gasteiger partial charge < -0.3 is 15.5 Å². The highest BCUT2D eigenvalue weighted by Crippen LogP contribution is 2.30. The number of alkyl halides is 3. The quantitative estimate of drug-likeness (QED) is 0.327. The van der Waals surface area contributed by atoms with E-state index in [9.17, 15) is 22.0 Å². The van der Waals surface area contributed by atoms with Gasteiger partial charge in [0.2, 0.25) is 0 Å². The van der Waals surface area contributed by atoms with Gasteiger partial charge in [-0.3, -0.25) is 5.43 Å². The van der Waals surface area contributed by atoms with Crippen molar-refractivity contribution in [2.45, 2.75) is 6.18 Å². The lowest BCUT2D eigenvalue weighted by molar-refractivity contribution is -0.137. The molecule has 30 heavy (non-hydrogen) atoms. The minimum atomic E-state index is -4.45. The lowest BCUT2D eigenvalue weighted by Crippen LogP contribution is -2.47. The average Bonchev–Trinajstić information content (AvgIpc) is 2.70. The molecule has 0 bridgehead atoms. The topological polar surface area (TPSA) is 69.8 Å². The van der Waals surface area contributed by atoms with E-state index < -0.39 is 23.4 Å². The molecule has 0 aliphatic carbocycles. The lowest BCUT2D eigenvalue weighted by atomic mass is 10.1. The molecular weight excluding hydrogens is 427 g/mol. The van der Waals surface area contributed by atoms with Crippen LogP contribution in [0.1, 0.15) is 11.1 Å². The normalized spacial score (nSPS) is 15.0. The number of nitrogens with zero attached hydrogens (tertiary/aromatic N) is 4. The first-order valence-electron chi connectivity index (χ1n) is 8.76. The molecule has 1 aromatic heterocycles. The molecule has 160 valence electrons. The number of hydrogen-bond acceptors (Lipinski definition) is 5. The summed E-state index contributed by atoms with van der Waals surface area (Å²) >= 11 is 4.56. The van der Waals surface area contributed by atoms with Crippen molar-refractivity contribution < 1.29 is 22.0 Å². The highest BCUT2D eigenvalue weighted by atomic mass is 32.1. The summed E-state index contributed by atoms with van der Waals surface area (Å²) in [7, 11) is 0. The maximum Gasteiger partial charge on any atom is 0.417 e. The Labute approximate surface area is 174 Å². The van der Waals surface area contributed by atoms with Gasteiger partial charge in [-0.1, -0.05) is 0 Å². The number of halogens is 5. The number of nitrogens with two attached hydrogens (primary N) is 1. The summed E-state index contributed by atoms with van der Waals surface area (Å²) in [6, 6.07) is 4.35. The number of aromatic nitrogens is 1. The lowest BCUT2D eigenvalue weighted by Gasteiger charge is -2.37. The summed E-state index contributed by atoms with van der Waals surface area (Å²) < 4.78 is 66.8. The summed E-state index contributed by atoms with van der Waals surface area (Å²) in [5.74, 6) is -0.910. The first-order valence-corrected chi connectivity index (χ1v) is 9.16. The largest absolute Gasteiger partial charge is 0.417 e. The third-order valence-electron chi connectivity index (χ3n) is 4.46.